The fourth-order valence-corrected chi connectivity index (χ4v) is 5.20. The topological polar surface area (TPSA) is 105 Å². The summed E-state index contributed by atoms with van der Waals surface area (Å²) in [5, 5.41) is 4.11. The molecule has 15 heteroatoms. The molecule has 39 heavy (non-hydrogen) atoms. The summed E-state index contributed by atoms with van der Waals surface area (Å²) in [5.74, 6) is -1.45. The fraction of sp³-hybridized carbons (Fsp3) is 0.417. The van der Waals surface area contributed by atoms with Gasteiger partial charge in [-0.05, 0) is 34.4 Å². The Kier molecular flexibility index (Phi) is 7.71. The summed E-state index contributed by atoms with van der Waals surface area (Å²) >= 11 is 0. The highest BCUT2D eigenvalue weighted by Crippen LogP contribution is 2.51. The minimum absolute atomic E-state index is 0.0153. The fourth-order valence-electron chi connectivity index (χ4n) is 4.70. The van der Waals surface area contributed by atoms with Crippen molar-refractivity contribution in [3.63, 3.8) is 0 Å². The average molecular weight is 580 g/mol. The maximum Gasteiger partial charge on any atom is 0.419 e. The van der Waals surface area contributed by atoms with E-state index in [2.05, 4.69) is 5.32 Å². The van der Waals surface area contributed by atoms with Crippen LogP contribution in [0.4, 0.5) is 32.0 Å². The van der Waals surface area contributed by atoms with Crippen molar-refractivity contribution >= 4 is 28.2 Å². The van der Waals surface area contributed by atoms with Crippen LogP contribution in [0.3, 0.4) is 0 Å². The number of carbonyl (C=O) groups is 2. The average Bonchev–Trinajstić information content (AvgIpc) is 3.16. The largest absolute Gasteiger partial charge is 0.419 e. The molecule has 4 rings (SSSR count). The van der Waals surface area contributed by atoms with E-state index in [1.54, 1.807) is 11.4 Å². The number of benzene rings is 2. The Balaban J connectivity index is 1.62. The van der Waals surface area contributed by atoms with Crippen LogP contribution in [-0.4, -0.2) is 56.7 Å². The van der Waals surface area contributed by atoms with Gasteiger partial charge in [-0.2, -0.15) is 26.3 Å². The van der Waals surface area contributed by atoms with Crippen molar-refractivity contribution in [2.24, 2.45) is 0 Å². The van der Waals surface area contributed by atoms with Gasteiger partial charge in [0.25, 0.3) is 5.91 Å². The number of amides is 2. The van der Waals surface area contributed by atoms with Gasteiger partial charge >= 0.3 is 12.4 Å². The maximum absolute atomic E-state index is 14.0. The van der Waals surface area contributed by atoms with Gasteiger partial charge in [0, 0.05) is 19.2 Å². The number of ether oxygens (including phenoxy) is 1. The van der Waals surface area contributed by atoms with E-state index in [4.69, 9.17) is 4.74 Å². The molecule has 1 saturated heterocycles. The predicted octanol–water partition coefficient (Wildman–Crippen LogP) is 3.15. The number of hydrogen-bond donors (Lipinski definition) is 3. The second-order valence-electron chi connectivity index (χ2n) is 9.26. The molecule has 2 aliphatic rings. The van der Waals surface area contributed by atoms with E-state index in [0.29, 0.717) is 28.8 Å². The third-order valence-electron chi connectivity index (χ3n) is 6.61. The smallest absolute Gasteiger partial charge is 0.378 e. The van der Waals surface area contributed by atoms with Gasteiger partial charge in [-0.25, -0.2) is 8.42 Å². The lowest BCUT2D eigenvalue weighted by molar-refractivity contribution is -0.319. The third kappa shape index (κ3) is 5.47. The Hall–Kier alpha value is -3.17. The molecule has 0 aliphatic carbocycles. The van der Waals surface area contributed by atoms with Crippen LogP contribution >= 0.6 is 0 Å². The molecule has 2 aromatic rings. The number of thiol groups is 1. The van der Waals surface area contributed by atoms with Crippen LogP contribution in [0.2, 0.25) is 0 Å². The molecule has 2 aliphatic heterocycles. The number of carbonyl (C=O) groups excluding carboxylic acids is 2. The lowest BCUT2D eigenvalue weighted by atomic mass is 9.86. The zero-order chi connectivity index (χ0) is 28.8. The SMILES string of the molecule is CC(=O)N1Cc2cc(C[SH](=O)=O)ccc2C1C(=O)Nc1ccc(C(NC2COC2)(C(F)(F)F)C(F)(F)F)cc1. The van der Waals surface area contributed by atoms with Crippen molar-refractivity contribution in [1.82, 2.24) is 10.2 Å². The van der Waals surface area contributed by atoms with Gasteiger partial charge in [0.05, 0.1) is 25.0 Å². The third-order valence-corrected chi connectivity index (χ3v) is 7.24. The van der Waals surface area contributed by atoms with Crippen molar-refractivity contribution in [3.05, 3.63) is 64.7 Å². The highest BCUT2D eigenvalue weighted by atomic mass is 32.2. The minimum Gasteiger partial charge on any atom is -0.378 e. The lowest BCUT2D eigenvalue weighted by Crippen LogP contribution is -2.68. The first kappa shape index (κ1) is 28.8. The molecule has 2 heterocycles. The Bertz CT molecular complexity index is 1320. The van der Waals surface area contributed by atoms with E-state index in [9.17, 15) is 44.3 Å². The summed E-state index contributed by atoms with van der Waals surface area (Å²) < 4.78 is 111. The number of hydrogen-bond acceptors (Lipinski definition) is 6. The van der Waals surface area contributed by atoms with Crippen LogP contribution in [0, 0.1) is 0 Å². The maximum atomic E-state index is 14.0. The van der Waals surface area contributed by atoms with Crippen molar-refractivity contribution in [3.8, 4) is 0 Å². The zero-order valence-corrected chi connectivity index (χ0v) is 21.1. The van der Waals surface area contributed by atoms with E-state index >= 15 is 0 Å². The molecule has 0 radical (unpaired) electrons. The first-order valence-corrected chi connectivity index (χ1v) is 12.9. The number of nitrogens with zero attached hydrogens (tertiary/aromatic N) is 1. The van der Waals surface area contributed by atoms with Crippen molar-refractivity contribution in [2.45, 2.75) is 49.2 Å². The van der Waals surface area contributed by atoms with Crippen LogP contribution in [0.1, 0.15) is 35.2 Å². The summed E-state index contributed by atoms with van der Waals surface area (Å²) in [4.78, 5) is 26.6. The van der Waals surface area contributed by atoms with Gasteiger partial charge in [0.15, 0.2) is 0 Å². The van der Waals surface area contributed by atoms with Crippen molar-refractivity contribution in [1.29, 1.82) is 0 Å². The molecule has 0 spiro atoms. The van der Waals surface area contributed by atoms with E-state index in [1.807, 2.05) is 0 Å². The molecule has 1 fully saturated rings. The van der Waals surface area contributed by atoms with Crippen LogP contribution < -0.4 is 10.6 Å². The number of rotatable bonds is 7. The van der Waals surface area contributed by atoms with Crippen LogP contribution in [-0.2, 0) is 42.9 Å². The Morgan fingerprint density at radius 1 is 1.00 bits per heavy atom. The normalized spacial score (nSPS) is 18.2. The molecule has 1 unspecified atom stereocenters. The van der Waals surface area contributed by atoms with Gasteiger partial charge in [0.1, 0.15) is 16.7 Å². The second kappa shape index (κ2) is 10.4. The molecule has 0 bridgehead atoms. The summed E-state index contributed by atoms with van der Waals surface area (Å²) in [7, 11) is -2.70. The van der Waals surface area contributed by atoms with Gasteiger partial charge in [-0.1, -0.05) is 30.3 Å². The molecule has 0 aromatic heterocycles. The summed E-state index contributed by atoms with van der Waals surface area (Å²) in [5.41, 5.74) is -4.14. The quantitative estimate of drug-likeness (QED) is 0.344. The number of fused-ring (bicyclic) bond motifs is 1. The summed E-state index contributed by atoms with van der Waals surface area (Å²) in [6.07, 6.45) is -11.5. The van der Waals surface area contributed by atoms with Gasteiger partial charge in [-0.3, -0.25) is 14.9 Å². The standard InChI is InChI=1S/C24H23F6N3O5S/c1-13(34)33-9-15-8-14(12-39(36)37)2-7-19(15)20(33)21(35)31-17-5-3-16(4-6-17)22(23(25,26)27,24(28,29)30)32-18-10-38-11-18/h2-8,18,20,32,39H,9-12H2,1H3,(H,31,35). The number of anilines is 1. The van der Waals surface area contributed by atoms with E-state index < -0.39 is 58.1 Å². The Morgan fingerprint density at radius 2 is 1.62 bits per heavy atom. The minimum atomic E-state index is -5.75. The number of alkyl halides is 6. The van der Waals surface area contributed by atoms with Crippen molar-refractivity contribution < 1.29 is 49.1 Å². The summed E-state index contributed by atoms with van der Waals surface area (Å²) in [6, 6.07) is 5.36. The van der Waals surface area contributed by atoms with E-state index in [1.165, 1.54) is 24.0 Å². The Labute approximate surface area is 220 Å². The van der Waals surface area contributed by atoms with E-state index in [-0.39, 0.29) is 31.2 Å². The molecular formula is C24H23F6N3O5S. The molecule has 212 valence electrons. The molecule has 8 nitrogen and oxygen atoms in total. The number of halogens is 6. The molecule has 2 aromatic carbocycles. The highest BCUT2D eigenvalue weighted by Gasteiger charge is 2.72. The van der Waals surface area contributed by atoms with Crippen LogP contribution in [0.15, 0.2) is 42.5 Å². The zero-order valence-electron chi connectivity index (χ0n) is 20.2. The van der Waals surface area contributed by atoms with Crippen LogP contribution in [0.25, 0.3) is 0 Å². The predicted molar refractivity (Wildman–Crippen MR) is 126 cm³/mol. The molecule has 2 amide bonds. The van der Waals surface area contributed by atoms with Crippen molar-refractivity contribution in [2.75, 3.05) is 18.5 Å². The van der Waals surface area contributed by atoms with E-state index in [0.717, 1.165) is 12.1 Å². The molecule has 0 saturated carbocycles. The van der Waals surface area contributed by atoms with Gasteiger partial charge < -0.3 is 15.0 Å². The first-order valence-electron chi connectivity index (χ1n) is 11.5. The highest BCUT2D eigenvalue weighted by molar-refractivity contribution is 7.71. The molecular weight excluding hydrogens is 556 g/mol. The summed E-state index contributed by atoms with van der Waals surface area (Å²) in [6.45, 7) is 0.620. The molecule has 1 atom stereocenters. The lowest BCUT2D eigenvalue weighted by Gasteiger charge is -2.43. The first-order chi connectivity index (χ1) is 18.1. The Morgan fingerprint density at radius 3 is 2.10 bits per heavy atom. The van der Waals surface area contributed by atoms with Crippen LogP contribution in [0.5, 0.6) is 0 Å². The van der Waals surface area contributed by atoms with Gasteiger partial charge in [-0.15, -0.1) is 0 Å². The monoisotopic (exact) mass is 579 g/mol. The molecule has 2 N–H and O–H groups in total. The van der Waals surface area contributed by atoms with Gasteiger partial charge in [0.2, 0.25) is 11.4 Å². The number of nitrogens with one attached hydrogen (secondary N) is 2. The second-order valence-corrected chi connectivity index (χ2v) is 10.2.